The third kappa shape index (κ3) is 3.55. The van der Waals surface area contributed by atoms with Gasteiger partial charge in [0, 0.05) is 6.54 Å². The van der Waals surface area contributed by atoms with Crippen LogP contribution in [0.15, 0.2) is 42.5 Å². The number of carbonyl (C=O) groups excluding carboxylic acids is 1. The van der Waals surface area contributed by atoms with Crippen LogP contribution < -0.4 is 4.31 Å². The van der Waals surface area contributed by atoms with Crippen molar-refractivity contribution < 1.29 is 26.7 Å². The predicted molar refractivity (Wildman–Crippen MR) is 102 cm³/mol. The minimum Gasteiger partial charge on any atom is -0.454 e. The smallest absolute Gasteiger partial charge is 0.338 e. The maximum Gasteiger partial charge on any atom is 0.338 e. The van der Waals surface area contributed by atoms with E-state index in [0.717, 1.165) is 10.8 Å². The van der Waals surface area contributed by atoms with Crippen LogP contribution in [-0.2, 0) is 27.8 Å². The second-order valence-corrected chi connectivity index (χ2v) is 8.58. The van der Waals surface area contributed by atoms with Gasteiger partial charge in [-0.05, 0) is 42.3 Å². The highest BCUT2D eigenvalue weighted by Gasteiger charge is 2.27. The first-order valence-electron chi connectivity index (χ1n) is 8.77. The van der Waals surface area contributed by atoms with E-state index >= 15 is 0 Å². The van der Waals surface area contributed by atoms with Crippen molar-refractivity contribution >= 4 is 32.7 Å². The van der Waals surface area contributed by atoms with E-state index in [1.165, 1.54) is 16.4 Å². The average Bonchev–Trinajstić information content (AvgIpc) is 3.26. The summed E-state index contributed by atoms with van der Waals surface area (Å²) in [4.78, 5) is 16.5. The van der Waals surface area contributed by atoms with Gasteiger partial charge in [-0.3, -0.25) is 8.87 Å². The number of rotatable bonds is 5. The van der Waals surface area contributed by atoms with Gasteiger partial charge in [-0.25, -0.2) is 18.2 Å². The quantitative estimate of drug-likeness (QED) is 0.592. The van der Waals surface area contributed by atoms with E-state index in [0.29, 0.717) is 29.7 Å². The number of sulfonamides is 1. The Morgan fingerprint density at radius 2 is 2.00 bits per heavy atom. The topological polar surface area (TPSA) is 81.5 Å². The van der Waals surface area contributed by atoms with Crippen LogP contribution in [0.4, 0.5) is 14.5 Å². The molecule has 0 amide bonds. The molecule has 0 bridgehead atoms. The van der Waals surface area contributed by atoms with Crippen LogP contribution in [0.25, 0.3) is 11.0 Å². The number of para-hydroxylation sites is 2. The Morgan fingerprint density at radius 1 is 1.24 bits per heavy atom. The van der Waals surface area contributed by atoms with Crippen molar-refractivity contribution in [3.8, 4) is 0 Å². The van der Waals surface area contributed by atoms with E-state index in [1.54, 1.807) is 30.3 Å². The van der Waals surface area contributed by atoms with Crippen LogP contribution in [0.2, 0.25) is 0 Å². The fourth-order valence-electron chi connectivity index (χ4n) is 3.47. The number of nitrogens with zero attached hydrogens (tertiary/aromatic N) is 3. The highest BCUT2D eigenvalue weighted by molar-refractivity contribution is 7.92. The Morgan fingerprint density at radius 3 is 2.72 bits per heavy atom. The zero-order valence-electron chi connectivity index (χ0n) is 15.4. The number of anilines is 1. The molecule has 3 aromatic rings. The number of hydrogen-bond donors (Lipinski definition) is 0. The summed E-state index contributed by atoms with van der Waals surface area (Å²) in [6, 6.07) is 11.0. The maximum atomic E-state index is 13.5. The van der Waals surface area contributed by atoms with Crippen molar-refractivity contribution in [1.29, 1.82) is 0 Å². The molecule has 4 rings (SSSR count). The molecule has 0 aliphatic carbocycles. The lowest BCUT2D eigenvalue weighted by atomic mass is 10.1. The molecule has 0 N–H and O–H groups in total. The Hall–Kier alpha value is -3.01. The monoisotopic (exact) mass is 421 g/mol. The number of esters is 1. The molecule has 0 saturated carbocycles. The molecule has 1 aliphatic heterocycles. The number of hydrogen-bond acceptors (Lipinski definition) is 5. The maximum absolute atomic E-state index is 13.5. The zero-order valence-corrected chi connectivity index (χ0v) is 16.2. The van der Waals surface area contributed by atoms with Gasteiger partial charge in [-0.15, -0.1) is 0 Å². The molecule has 0 atom stereocenters. The van der Waals surface area contributed by atoms with Gasteiger partial charge >= 0.3 is 12.5 Å². The molecule has 0 radical (unpaired) electrons. The number of aromatic nitrogens is 2. The second kappa shape index (κ2) is 7.11. The molecule has 0 unspecified atom stereocenters. The molecular formula is C19H17F2N3O4S. The lowest BCUT2D eigenvalue weighted by Gasteiger charge is -2.16. The number of ether oxygens (including phenoxy) is 1. The molecular weight excluding hydrogens is 404 g/mol. The van der Waals surface area contributed by atoms with Gasteiger partial charge in [-0.1, -0.05) is 12.1 Å². The summed E-state index contributed by atoms with van der Waals surface area (Å²) in [7, 11) is -3.39. The van der Waals surface area contributed by atoms with E-state index in [9.17, 15) is 22.0 Å². The van der Waals surface area contributed by atoms with E-state index in [-0.39, 0.29) is 16.9 Å². The van der Waals surface area contributed by atoms with Crippen molar-refractivity contribution in [2.24, 2.45) is 0 Å². The minimum absolute atomic E-state index is 0.0565. The van der Waals surface area contributed by atoms with Gasteiger partial charge in [-0.2, -0.15) is 8.78 Å². The van der Waals surface area contributed by atoms with Crippen molar-refractivity contribution in [3.63, 3.8) is 0 Å². The minimum atomic E-state index is -3.39. The van der Waals surface area contributed by atoms with Crippen LogP contribution in [0, 0.1) is 0 Å². The Kier molecular flexibility index (Phi) is 4.73. The van der Waals surface area contributed by atoms with Gasteiger partial charge in [0.25, 0.3) is 0 Å². The van der Waals surface area contributed by atoms with Gasteiger partial charge in [0.1, 0.15) is 6.61 Å². The first-order valence-corrected chi connectivity index (χ1v) is 10.6. The van der Waals surface area contributed by atoms with Gasteiger partial charge in [0.2, 0.25) is 10.0 Å². The summed E-state index contributed by atoms with van der Waals surface area (Å²) in [5, 5.41) is 0. The molecule has 0 spiro atoms. The van der Waals surface area contributed by atoms with Crippen molar-refractivity contribution in [2.45, 2.75) is 19.6 Å². The van der Waals surface area contributed by atoms with Crippen LogP contribution in [0.1, 0.15) is 28.3 Å². The van der Waals surface area contributed by atoms with E-state index in [2.05, 4.69) is 4.98 Å². The first kappa shape index (κ1) is 19.3. The molecule has 7 nitrogen and oxygen atoms in total. The summed E-state index contributed by atoms with van der Waals surface area (Å²) < 4.78 is 57.7. The fourth-order valence-corrected chi connectivity index (χ4v) is 4.43. The van der Waals surface area contributed by atoms with Crippen molar-refractivity contribution in [3.05, 3.63) is 59.4 Å². The van der Waals surface area contributed by atoms with Crippen LogP contribution in [0.5, 0.6) is 0 Å². The van der Waals surface area contributed by atoms with Gasteiger partial charge in [0.05, 0.1) is 28.5 Å². The van der Waals surface area contributed by atoms with Crippen molar-refractivity contribution in [2.75, 3.05) is 17.1 Å². The van der Waals surface area contributed by atoms with Crippen LogP contribution >= 0.6 is 0 Å². The highest BCUT2D eigenvalue weighted by Crippen LogP contribution is 2.31. The molecule has 0 saturated heterocycles. The van der Waals surface area contributed by atoms with E-state index < -0.39 is 29.1 Å². The van der Waals surface area contributed by atoms with Crippen LogP contribution in [0.3, 0.4) is 0 Å². The summed E-state index contributed by atoms with van der Waals surface area (Å²) in [5.41, 5.74) is 2.11. The molecule has 0 fully saturated rings. The molecule has 10 heteroatoms. The SMILES string of the molecule is CS(=O)(=O)N1CCc2cc(C(=O)OCc3nc4ccccc4n3C(F)F)ccc21. The average molecular weight is 421 g/mol. The standard InChI is InChI=1S/C19H17F2N3O4S/c1-29(26,27)23-9-8-12-10-13(6-7-15(12)23)18(25)28-11-17-22-14-4-2-3-5-16(14)24(17)19(20)21/h2-7,10,19H,8-9,11H2,1H3. The lowest BCUT2D eigenvalue weighted by Crippen LogP contribution is -2.27. The third-order valence-electron chi connectivity index (χ3n) is 4.76. The summed E-state index contributed by atoms with van der Waals surface area (Å²) in [6.45, 7) is -2.92. The van der Waals surface area contributed by atoms with E-state index in [1.807, 2.05) is 0 Å². The van der Waals surface area contributed by atoms with E-state index in [4.69, 9.17) is 4.74 Å². The van der Waals surface area contributed by atoms with Gasteiger partial charge < -0.3 is 4.74 Å². The third-order valence-corrected chi connectivity index (χ3v) is 5.94. The zero-order chi connectivity index (χ0) is 20.8. The predicted octanol–water partition coefficient (Wildman–Crippen LogP) is 3.11. The number of carbonyl (C=O) groups is 1. The van der Waals surface area contributed by atoms with Crippen molar-refractivity contribution in [1.82, 2.24) is 9.55 Å². The molecule has 1 aromatic heterocycles. The molecule has 29 heavy (non-hydrogen) atoms. The van der Waals surface area contributed by atoms with Gasteiger partial charge in [0.15, 0.2) is 5.82 Å². The second-order valence-electron chi connectivity index (χ2n) is 6.67. The summed E-state index contributed by atoms with van der Waals surface area (Å²) >= 11 is 0. The lowest BCUT2D eigenvalue weighted by molar-refractivity contribution is 0.0387. The Balaban J connectivity index is 1.54. The summed E-state index contributed by atoms with van der Waals surface area (Å²) in [6.07, 6.45) is 1.60. The fraction of sp³-hybridized carbons (Fsp3) is 0.263. The highest BCUT2D eigenvalue weighted by atomic mass is 32.2. The number of fused-ring (bicyclic) bond motifs is 2. The van der Waals surface area contributed by atoms with Crippen LogP contribution in [-0.4, -0.2) is 36.7 Å². The largest absolute Gasteiger partial charge is 0.454 e. The number of halogens is 2. The molecule has 1 aliphatic rings. The molecule has 2 aromatic carbocycles. The first-order chi connectivity index (χ1) is 13.8. The summed E-state index contributed by atoms with van der Waals surface area (Å²) in [5.74, 6) is -0.752. The number of imidazole rings is 1. The Bertz CT molecular complexity index is 1210. The number of alkyl halides is 2. The number of benzene rings is 2. The normalized spacial score (nSPS) is 13.9. The molecule has 152 valence electrons. The Labute approximate surface area is 165 Å². The molecule has 2 heterocycles.